The van der Waals surface area contributed by atoms with Crippen LogP contribution in [0.15, 0.2) is 0 Å². The minimum absolute atomic E-state index is 0. The van der Waals surface area contributed by atoms with E-state index in [4.69, 9.17) is 14.2 Å². The molecule has 0 rings (SSSR count). The summed E-state index contributed by atoms with van der Waals surface area (Å²) in [5, 5.41) is 0. The summed E-state index contributed by atoms with van der Waals surface area (Å²) in [7, 11) is 3.44. The molecule has 0 aliphatic heterocycles. The summed E-state index contributed by atoms with van der Waals surface area (Å²) >= 11 is 0. The topological polar surface area (TPSA) is 27.7 Å². The standard InChI is InChI=1S/C23H45F3O3.CH4/c1-6-8-10-12-13-14-16-17-19-21(24,23(27-3,28-4)29-5)22(25,26)20-18-15-11-9-7-2;/h6-20H2,1-5H3;1H4. The highest BCUT2D eigenvalue weighted by molar-refractivity contribution is 5.01. The summed E-state index contributed by atoms with van der Waals surface area (Å²) in [5.74, 6) is -6.02. The first-order valence-electron chi connectivity index (χ1n) is 11.5. The Labute approximate surface area is 184 Å². The summed E-state index contributed by atoms with van der Waals surface area (Å²) in [6.07, 6.45) is 10.7. The van der Waals surface area contributed by atoms with Crippen molar-refractivity contribution >= 4 is 0 Å². The van der Waals surface area contributed by atoms with Gasteiger partial charge in [-0.25, -0.2) is 13.2 Å². The zero-order chi connectivity index (χ0) is 22.2. The number of unbranched alkanes of at least 4 members (excludes halogenated alkanes) is 11. The number of ether oxygens (including phenoxy) is 3. The Morgan fingerprint density at radius 3 is 1.23 bits per heavy atom. The SMILES string of the molecule is C.CCCCCCCCCCC(F)(C(F)(F)CCCCCCC)C(OC)(OC)OC. The van der Waals surface area contributed by atoms with Gasteiger partial charge in [-0.05, 0) is 19.3 Å². The van der Waals surface area contributed by atoms with E-state index in [0.29, 0.717) is 19.3 Å². The predicted octanol–water partition coefficient (Wildman–Crippen LogP) is 8.45. The van der Waals surface area contributed by atoms with Crippen LogP contribution in [0.2, 0.25) is 0 Å². The molecule has 6 heteroatoms. The highest BCUT2D eigenvalue weighted by Crippen LogP contribution is 2.49. The van der Waals surface area contributed by atoms with Crippen LogP contribution in [0, 0.1) is 0 Å². The van der Waals surface area contributed by atoms with Crippen LogP contribution in [0.1, 0.15) is 118 Å². The molecule has 0 fully saturated rings. The van der Waals surface area contributed by atoms with Crippen LogP contribution >= 0.6 is 0 Å². The Morgan fingerprint density at radius 2 is 0.867 bits per heavy atom. The average Bonchev–Trinajstić information content (AvgIpc) is 2.71. The van der Waals surface area contributed by atoms with E-state index in [2.05, 4.69) is 13.8 Å². The number of halogens is 3. The van der Waals surface area contributed by atoms with E-state index in [9.17, 15) is 0 Å². The van der Waals surface area contributed by atoms with Gasteiger partial charge in [-0.2, -0.15) is 0 Å². The molecule has 3 nitrogen and oxygen atoms in total. The summed E-state index contributed by atoms with van der Waals surface area (Å²) < 4.78 is 61.5. The van der Waals surface area contributed by atoms with Crippen molar-refractivity contribution in [3.05, 3.63) is 0 Å². The van der Waals surface area contributed by atoms with Crippen molar-refractivity contribution in [3.8, 4) is 0 Å². The second-order valence-corrected chi connectivity index (χ2v) is 8.06. The number of alkyl halides is 3. The maximum Gasteiger partial charge on any atom is 0.324 e. The molecule has 184 valence electrons. The fraction of sp³-hybridized carbons (Fsp3) is 1.00. The molecule has 0 saturated carbocycles. The van der Waals surface area contributed by atoms with E-state index in [0.717, 1.165) is 59.9 Å². The van der Waals surface area contributed by atoms with Crippen molar-refractivity contribution in [1.82, 2.24) is 0 Å². The molecular weight excluding hydrogens is 393 g/mol. The zero-order valence-electron chi connectivity index (χ0n) is 19.5. The van der Waals surface area contributed by atoms with Gasteiger partial charge in [-0.3, -0.25) is 0 Å². The monoisotopic (exact) mass is 442 g/mol. The average molecular weight is 443 g/mol. The third-order valence-corrected chi connectivity index (χ3v) is 5.84. The molecule has 0 heterocycles. The van der Waals surface area contributed by atoms with E-state index in [1.165, 1.54) is 19.3 Å². The number of hydrogen-bond acceptors (Lipinski definition) is 3. The van der Waals surface area contributed by atoms with Crippen molar-refractivity contribution in [1.29, 1.82) is 0 Å². The molecule has 0 aliphatic carbocycles. The molecule has 0 bridgehead atoms. The van der Waals surface area contributed by atoms with E-state index >= 15 is 13.2 Å². The Morgan fingerprint density at radius 1 is 0.533 bits per heavy atom. The molecule has 0 aliphatic rings. The van der Waals surface area contributed by atoms with Gasteiger partial charge in [0.15, 0.2) is 0 Å². The molecule has 30 heavy (non-hydrogen) atoms. The third kappa shape index (κ3) is 9.44. The van der Waals surface area contributed by atoms with Gasteiger partial charge in [-0.1, -0.05) is 91.9 Å². The fourth-order valence-electron chi connectivity index (χ4n) is 3.95. The smallest absolute Gasteiger partial charge is 0.324 e. The molecular formula is C24H49F3O3. The van der Waals surface area contributed by atoms with E-state index < -0.39 is 24.0 Å². The second-order valence-electron chi connectivity index (χ2n) is 8.06. The van der Waals surface area contributed by atoms with Gasteiger partial charge >= 0.3 is 5.97 Å². The lowest BCUT2D eigenvalue weighted by atomic mass is 9.85. The van der Waals surface area contributed by atoms with E-state index in [1.54, 1.807) is 0 Å². The predicted molar refractivity (Wildman–Crippen MR) is 120 cm³/mol. The lowest BCUT2D eigenvalue weighted by molar-refractivity contribution is -0.436. The molecule has 1 atom stereocenters. The second kappa shape index (κ2) is 17.3. The Balaban J connectivity index is 0. The maximum atomic E-state index is 16.0. The maximum absolute atomic E-state index is 16.0. The van der Waals surface area contributed by atoms with Crippen LogP contribution in [0.3, 0.4) is 0 Å². The number of methoxy groups -OCH3 is 3. The molecule has 0 spiro atoms. The third-order valence-electron chi connectivity index (χ3n) is 5.84. The van der Waals surface area contributed by atoms with Crippen molar-refractivity contribution < 1.29 is 27.4 Å². The molecule has 0 aromatic carbocycles. The molecule has 0 radical (unpaired) electrons. The first-order chi connectivity index (χ1) is 13.8. The van der Waals surface area contributed by atoms with Gasteiger partial charge in [0, 0.05) is 27.8 Å². The van der Waals surface area contributed by atoms with Crippen LogP contribution in [0.5, 0.6) is 0 Å². The molecule has 0 aromatic rings. The van der Waals surface area contributed by atoms with Gasteiger partial charge in [0.2, 0.25) is 0 Å². The fourth-order valence-corrected chi connectivity index (χ4v) is 3.95. The van der Waals surface area contributed by atoms with E-state index in [1.807, 2.05) is 0 Å². The number of hydrogen-bond donors (Lipinski definition) is 0. The summed E-state index contributed by atoms with van der Waals surface area (Å²) in [5.41, 5.74) is -3.05. The van der Waals surface area contributed by atoms with Gasteiger partial charge < -0.3 is 14.2 Å². The summed E-state index contributed by atoms with van der Waals surface area (Å²) in [4.78, 5) is 0. The zero-order valence-corrected chi connectivity index (χ0v) is 19.5. The minimum Gasteiger partial charge on any atom is -0.328 e. The van der Waals surface area contributed by atoms with Gasteiger partial charge in [0.05, 0.1) is 0 Å². The highest BCUT2D eigenvalue weighted by Gasteiger charge is 2.68. The summed E-state index contributed by atoms with van der Waals surface area (Å²) in [6.45, 7) is 4.23. The van der Waals surface area contributed by atoms with Crippen molar-refractivity contribution in [2.75, 3.05) is 21.3 Å². The molecule has 0 aromatic heterocycles. The first-order valence-corrected chi connectivity index (χ1v) is 11.5. The quantitative estimate of drug-likeness (QED) is 0.140. The van der Waals surface area contributed by atoms with Crippen LogP contribution in [-0.2, 0) is 14.2 Å². The van der Waals surface area contributed by atoms with Crippen molar-refractivity contribution in [2.45, 2.75) is 135 Å². The highest BCUT2D eigenvalue weighted by atomic mass is 19.3. The molecule has 0 amide bonds. The van der Waals surface area contributed by atoms with Crippen molar-refractivity contribution in [3.63, 3.8) is 0 Å². The van der Waals surface area contributed by atoms with Gasteiger partial charge in [-0.15, -0.1) is 0 Å². The van der Waals surface area contributed by atoms with Crippen LogP contribution in [0.4, 0.5) is 13.2 Å². The lowest BCUT2D eigenvalue weighted by Gasteiger charge is -2.45. The molecule has 1 unspecified atom stereocenters. The normalized spacial score (nSPS) is 14.4. The van der Waals surface area contributed by atoms with Crippen LogP contribution in [0.25, 0.3) is 0 Å². The Hall–Kier alpha value is -0.330. The largest absolute Gasteiger partial charge is 0.328 e. The van der Waals surface area contributed by atoms with Gasteiger partial charge in [0.25, 0.3) is 11.6 Å². The van der Waals surface area contributed by atoms with Crippen LogP contribution in [-0.4, -0.2) is 38.9 Å². The number of rotatable bonds is 20. The Kier molecular flexibility index (Phi) is 18.3. The lowest BCUT2D eigenvalue weighted by Crippen LogP contribution is -2.64. The Bertz CT molecular complexity index is 382. The molecule has 0 N–H and O–H groups in total. The minimum atomic E-state index is -3.61. The van der Waals surface area contributed by atoms with Crippen molar-refractivity contribution in [2.24, 2.45) is 0 Å². The van der Waals surface area contributed by atoms with E-state index in [-0.39, 0.29) is 20.3 Å². The molecule has 0 saturated heterocycles. The van der Waals surface area contributed by atoms with Gasteiger partial charge in [0.1, 0.15) is 0 Å². The summed E-state index contributed by atoms with van der Waals surface area (Å²) in [6, 6.07) is 0. The first kappa shape index (κ1) is 31.9. The van der Waals surface area contributed by atoms with Crippen LogP contribution < -0.4 is 0 Å².